The third-order valence-corrected chi connectivity index (χ3v) is 6.13. The van der Waals surface area contributed by atoms with Crippen LogP contribution in [0.15, 0.2) is 36.7 Å². The van der Waals surface area contributed by atoms with Crippen LogP contribution in [-0.4, -0.2) is 48.4 Å². The number of benzene rings is 1. The minimum Gasteiger partial charge on any atom is -0.381 e. The van der Waals surface area contributed by atoms with E-state index in [-0.39, 0.29) is 5.60 Å². The number of aromatic nitrogens is 1. The quantitative estimate of drug-likeness (QED) is 0.862. The predicted molar refractivity (Wildman–Crippen MR) is 94.9 cm³/mol. The molecule has 4 heteroatoms. The van der Waals surface area contributed by atoms with E-state index < -0.39 is 0 Å². The molecule has 0 bridgehead atoms. The maximum Gasteiger partial charge on any atom is 0.0847 e. The van der Waals surface area contributed by atoms with E-state index in [1.807, 2.05) is 26.6 Å². The Kier molecular flexibility index (Phi) is 4.29. The van der Waals surface area contributed by atoms with Crippen LogP contribution in [0.3, 0.4) is 0 Å². The first kappa shape index (κ1) is 16.0. The van der Waals surface area contributed by atoms with Crippen molar-refractivity contribution in [2.75, 3.05) is 20.8 Å². The number of hydrogen-bond acceptors (Lipinski definition) is 4. The van der Waals surface area contributed by atoms with Crippen molar-refractivity contribution in [2.45, 2.75) is 50.0 Å². The topological polar surface area (TPSA) is 34.6 Å². The molecule has 0 radical (unpaired) electrons. The molecule has 2 aromatic rings. The number of fused-ring (bicyclic) bond motifs is 2. The van der Waals surface area contributed by atoms with Crippen molar-refractivity contribution >= 4 is 10.8 Å². The van der Waals surface area contributed by atoms with Gasteiger partial charge in [0, 0.05) is 51.1 Å². The van der Waals surface area contributed by atoms with E-state index in [2.05, 4.69) is 34.1 Å². The minimum absolute atomic E-state index is 0.0150. The number of hydrogen-bond donors (Lipinski definition) is 0. The highest BCUT2D eigenvalue weighted by atomic mass is 16.5. The lowest BCUT2D eigenvalue weighted by Gasteiger charge is -2.43. The van der Waals surface area contributed by atoms with E-state index in [1.54, 1.807) is 0 Å². The zero-order valence-corrected chi connectivity index (χ0v) is 14.6. The number of likely N-dealkylation sites (tertiary alicyclic amines) is 1. The van der Waals surface area contributed by atoms with Crippen LogP contribution < -0.4 is 0 Å². The van der Waals surface area contributed by atoms with Crippen molar-refractivity contribution in [1.82, 2.24) is 9.88 Å². The molecule has 2 fully saturated rings. The minimum atomic E-state index is 0.0150. The van der Waals surface area contributed by atoms with Gasteiger partial charge in [-0.05, 0) is 42.7 Å². The molecule has 0 unspecified atom stereocenters. The first-order valence-corrected chi connectivity index (χ1v) is 8.89. The van der Waals surface area contributed by atoms with Crippen LogP contribution in [0, 0.1) is 0 Å². The number of pyridine rings is 1. The molecule has 128 valence electrons. The van der Waals surface area contributed by atoms with E-state index in [9.17, 15) is 0 Å². The average Bonchev–Trinajstić information content (AvgIpc) is 3.00. The van der Waals surface area contributed by atoms with Gasteiger partial charge in [-0.3, -0.25) is 9.88 Å². The molecule has 2 heterocycles. The van der Waals surface area contributed by atoms with Crippen molar-refractivity contribution in [3.63, 3.8) is 0 Å². The van der Waals surface area contributed by atoms with Crippen LogP contribution in [0.4, 0.5) is 0 Å². The van der Waals surface area contributed by atoms with Gasteiger partial charge in [0.2, 0.25) is 0 Å². The van der Waals surface area contributed by atoms with Crippen molar-refractivity contribution in [2.24, 2.45) is 0 Å². The Morgan fingerprint density at radius 3 is 3.00 bits per heavy atom. The molecule has 4 rings (SSSR count). The molecule has 0 N–H and O–H groups in total. The van der Waals surface area contributed by atoms with Crippen LogP contribution in [0.1, 0.15) is 31.2 Å². The fourth-order valence-corrected chi connectivity index (χ4v) is 4.71. The Morgan fingerprint density at radius 2 is 2.17 bits per heavy atom. The second-order valence-corrected chi connectivity index (χ2v) is 7.15. The molecule has 3 atom stereocenters. The smallest absolute Gasteiger partial charge is 0.0847 e. The maximum atomic E-state index is 6.04. The van der Waals surface area contributed by atoms with Crippen LogP contribution in [-0.2, 0) is 16.0 Å². The summed E-state index contributed by atoms with van der Waals surface area (Å²) in [6, 6.07) is 9.09. The second kappa shape index (κ2) is 6.43. The van der Waals surface area contributed by atoms with Crippen molar-refractivity contribution < 1.29 is 9.47 Å². The Bertz CT molecular complexity index is 714. The highest BCUT2D eigenvalue weighted by molar-refractivity contribution is 5.84. The lowest BCUT2D eigenvalue weighted by molar-refractivity contribution is -0.0946. The molecule has 1 aliphatic heterocycles. The van der Waals surface area contributed by atoms with Crippen molar-refractivity contribution in [1.29, 1.82) is 0 Å². The summed E-state index contributed by atoms with van der Waals surface area (Å²) in [6.07, 6.45) is 8.58. The molecule has 1 aromatic heterocycles. The Labute approximate surface area is 143 Å². The van der Waals surface area contributed by atoms with Gasteiger partial charge in [0.05, 0.1) is 11.7 Å². The standard InChI is InChI=1S/C20H26N2O2/c1-23-17-6-8-20(24-2)9-11-22(19(20)12-17)14-16-5-3-4-15-13-21-10-7-18(15)16/h3-5,7,10,13,17,19H,6,8-9,11-12,14H2,1-2H3/t17-,19+,20-/m1/s1. The zero-order chi connectivity index (χ0) is 16.6. The van der Waals surface area contributed by atoms with Crippen LogP contribution in [0.25, 0.3) is 10.8 Å². The van der Waals surface area contributed by atoms with Gasteiger partial charge in [0.1, 0.15) is 0 Å². The van der Waals surface area contributed by atoms with Gasteiger partial charge in [0.25, 0.3) is 0 Å². The summed E-state index contributed by atoms with van der Waals surface area (Å²) < 4.78 is 11.7. The van der Waals surface area contributed by atoms with Crippen LogP contribution in [0.2, 0.25) is 0 Å². The molecule has 24 heavy (non-hydrogen) atoms. The number of nitrogens with zero attached hydrogens (tertiary/aromatic N) is 2. The molecule has 4 nitrogen and oxygen atoms in total. The lowest BCUT2D eigenvalue weighted by atomic mass is 9.79. The first-order valence-electron chi connectivity index (χ1n) is 8.89. The highest BCUT2D eigenvalue weighted by Gasteiger charge is 2.50. The third-order valence-electron chi connectivity index (χ3n) is 6.13. The van der Waals surface area contributed by atoms with E-state index in [0.717, 1.165) is 38.8 Å². The number of rotatable bonds is 4. The van der Waals surface area contributed by atoms with E-state index in [0.29, 0.717) is 12.1 Å². The summed E-state index contributed by atoms with van der Waals surface area (Å²) in [5.41, 5.74) is 1.39. The molecule has 0 spiro atoms. The third kappa shape index (κ3) is 2.63. The summed E-state index contributed by atoms with van der Waals surface area (Å²) in [6.45, 7) is 2.06. The normalized spacial score (nSPS) is 30.6. The van der Waals surface area contributed by atoms with Crippen molar-refractivity contribution in [3.05, 3.63) is 42.2 Å². The second-order valence-electron chi connectivity index (χ2n) is 7.15. The molecule has 1 saturated heterocycles. The summed E-state index contributed by atoms with van der Waals surface area (Å²) in [5.74, 6) is 0. The molecular weight excluding hydrogens is 300 g/mol. The first-order chi connectivity index (χ1) is 11.8. The molecule has 1 saturated carbocycles. The largest absolute Gasteiger partial charge is 0.381 e. The van der Waals surface area contributed by atoms with Gasteiger partial charge in [-0.15, -0.1) is 0 Å². The van der Waals surface area contributed by atoms with Gasteiger partial charge in [-0.25, -0.2) is 0 Å². The Morgan fingerprint density at radius 1 is 1.25 bits per heavy atom. The van der Waals surface area contributed by atoms with Gasteiger partial charge in [-0.2, -0.15) is 0 Å². The van der Waals surface area contributed by atoms with Gasteiger partial charge in [-0.1, -0.05) is 18.2 Å². The summed E-state index contributed by atoms with van der Waals surface area (Å²) in [4.78, 5) is 6.85. The fraction of sp³-hybridized carbons (Fsp3) is 0.550. The molecule has 2 aliphatic rings. The summed E-state index contributed by atoms with van der Waals surface area (Å²) in [7, 11) is 3.72. The summed E-state index contributed by atoms with van der Waals surface area (Å²) in [5, 5.41) is 2.52. The Balaban J connectivity index is 1.62. The molecule has 1 aliphatic carbocycles. The van der Waals surface area contributed by atoms with Crippen molar-refractivity contribution in [3.8, 4) is 0 Å². The van der Waals surface area contributed by atoms with Gasteiger partial charge < -0.3 is 9.47 Å². The van der Waals surface area contributed by atoms with E-state index >= 15 is 0 Å². The molecule has 0 amide bonds. The van der Waals surface area contributed by atoms with Crippen LogP contribution in [0.5, 0.6) is 0 Å². The monoisotopic (exact) mass is 326 g/mol. The maximum absolute atomic E-state index is 6.04. The SMILES string of the molecule is CO[C@@H]1CC[C@@]2(OC)CCN(Cc3cccc4cnccc34)[C@H]2C1. The van der Waals surface area contributed by atoms with E-state index in [4.69, 9.17) is 9.47 Å². The molecule has 1 aromatic carbocycles. The lowest BCUT2D eigenvalue weighted by Crippen LogP contribution is -2.51. The summed E-state index contributed by atoms with van der Waals surface area (Å²) >= 11 is 0. The Hall–Kier alpha value is -1.49. The van der Waals surface area contributed by atoms with Gasteiger partial charge in [0.15, 0.2) is 0 Å². The zero-order valence-electron chi connectivity index (χ0n) is 14.6. The number of methoxy groups -OCH3 is 2. The fourth-order valence-electron chi connectivity index (χ4n) is 4.71. The number of ether oxygens (including phenoxy) is 2. The van der Waals surface area contributed by atoms with Crippen LogP contribution >= 0.6 is 0 Å². The average molecular weight is 326 g/mol. The molecular formula is C20H26N2O2. The van der Waals surface area contributed by atoms with E-state index in [1.165, 1.54) is 16.3 Å². The predicted octanol–water partition coefficient (Wildman–Crippen LogP) is 3.39. The highest BCUT2D eigenvalue weighted by Crippen LogP contribution is 2.43. The van der Waals surface area contributed by atoms with Gasteiger partial charge >= 0.3 is 0 Å².